The molecule has 6 aliphatic heterocycles. The predicted molar refractivity (Wildman–Crippen MR) is 197 cm³/mol. The third-order valence-corrected chi connectivity index (χ3v) is 13.0. The molecule has 4 N–H and O–H groups in total. The number of phenolic OH excluding ortho intramolecular Hbond substituents is 2. The van der Waals surface area contributed by atoms with E-state index in [0.29, 0.717) is 63.8 Å². The molecular weight excluding hydrogens is 719 g/mol. The van der Waals surface area contributed by atoms with Crippen molar-refractivity contribution in [3.8, 4) is 40.2 Å². The maximum absolute atomic E-state index is 14.7. The number of aliphatic hydroxyl groups is 1. The van der Waals surface area contributed by atoms with E-state index in [1.165, 1.54) is 32.9 Å². The van der Waals surface area contributed by atoms with Crippen molar-refractivity contribution in [2.75, 3.05) is 54.0 Å². The molecule has 0 radical (unpaired) electrons. The van der Waals surface area contributed by atoms with Gasteiger partial charge in [-0.1, -0.05) is 6.07 Å². The lowest BCUT2D eigenvalue weighted by atomic mass is 9.80. The van der Waals surface area contributed by atoms with E-state index in [0.717, 1.165) is 16.7 Å². The van der Waals surface area contributed by atoms with E-state index >= 15 is 0 Å². The third kappa shape index (κ3) is 5.30. The molecule has 288 valence electrons. The number of benzene rings is 3. The lowest BCUT2D eigenvalue weighted by Crippen LogP contribution is -2.60. The molecule has 2 bridgehead atoms. The summed E-state index contributed by atoms with van der Waals surface area (Å²) in [5.41, 5.74) is 3.97. The van der Waals surface area contributed by atoms with Crippen LogP contribution in [0, 0.1) is 13.8 Å². The van der Waals surface area contributed by atoms with Crippen LogP contribution in [0.5, 0.6) is 40.2 Å². The van der Waals surface area contributed by atoms with Crippen LogP contribution in [0.2, 0.25) is 0 Å². The number of likely N-dealkylation sites (N-methyl/N-ethyl adjacent to an activating group) is 1. The van der Waals surface area contributed by atoms with Crippen LogP contribution in [-0.4, -0.2) is 103 Å². The Morgan fingerprint density at radius 3 is 2.48 bits per heavy atom. The van der Waals surface area contributed by atoms with Gasteiger partial charge in [-0.2, -0.15) is 0 Å². The molecule has 3 aromatic carbocycles. The van der Waals surface area contributed by atoms with Gasteiger partial charge in [0.25, 0.3) is 0 Å². The average molecular weight is 764 g/mol. The number of thioether (sulfide) groups is 1. The number of fused-ring (bicyclic) bond motifs is 6. The van der Waals surface area contributed by atoms with Crippen molar-refractivity contribution in [3.63, 3.8) is 0 Å². The highest BCUT2D eigenvalue weighted by Crippen LogP contribution is 2.63. The zero-order chi connectivity index (χ0) is 38.4. The molecule has 0 aliphatic carbocycles. The second kappa shape index (κ2) is 13.4. The molecule has 54 heavy (non-hydrogen) atoms. The fourth-order valence-corrected chi connectivity index (χ4v) is 11.1. The Labute approximate surface area is 317 Å². The Balaban J connectivity index is 1.43. The number of ether oxygens (including phenoxy) is 6. The molecule has 6 aliphatic rings. The van der Waals surface area contributed by atoms with Crippen molar-refractivity contribution in [1.82, 2.24) is 15.1 Å². The molecule has 3 aromatic rings. The minimum absolute atomic E-state index is 0.0156. The first kappa shape index (κ1) is 36.6. The highest BCUT2D eigenvalue weighted by atomic mass is 32.2. The van der Waals surface area contributed by atoms with Gasteiger partial charge in [0.1, 0.15) is 18.6 Å². The highest BCUT2D eigenvalue weighted by Gasteiger charge is 2.57. The van der Waals surface area contributed by atoms with Gasteiger partial charge in [-0.25, -0.2) is 4.79 Å². The van der Waals surface area contributed by atoms with Gasteiger partial charge in [0, 0.05) is 53.9 Å². The van der Waals surface area contributed by atoms with Crippen molar-refractivity contribution >= 4 is 23.7 Å². The van der Waals surface area contributed by atoms with Gasteiger partial charge in [-0.3, -0.25) is 15.0 Å². The van der Waals surface area contributed by atoms with E-state index in [2.05, 4.69) is 5.32 Å². The highest BCUT2D eigenvalue weighted by molar-refractivity contribution is 7.99. The quantitative estimate of drug-likeness (QED) is 0.224. The second-order valence-corrected chi connectivity index (χ2v) is 15.9. The number of hydrogen-bond donors (Lipinski definition) is 4. The van der Waals surface area contributed by atoms with Crippen molar-refractivity contribution in [3.05, 3.63) is 62.7 Å². The van der Waals surface area contributed by atoms with E-state index in [1.54, 1.807) is 12.1 Å². The lowest BCUT2D eigenvalue weighted by molar-refractivity contribution is -0.158. The number of nitrogens with one attached hydrogen (secondary N) is 1. The van der Waals surface area contributed by atoms with Crippen LogP contribution in [0.4, 0.5) is 0 Å². The lowest BCUT2D eigenvalue weighted by Gasteiger charge is -2.53. The number of rotatable bonds is 4. The third-order valence-electron chi connectivity index (χ3n) is 11.5. The Hall–Kier alpha value is -4.41. The van der Waals surface area contributed by atoms with Gasteiger partial charge in [-0.05, 0) is 68.8 Å². The zero-order valence-corrected chi connectivity index (χ0v) is 32.1. The van der Waals surface area contributed by atoms with Gasteiger partial charge >= 0.3 is 11.9 Å². The second-order valence-electron chi connectivity index (χ2n) is 14.7. The first-order valence-corrected chi connectivity index (χ1v) is 19.0. The molecule has 0 aromatic heterocycles. The molecule has 0 amide bonds. The predicted octanol–water partition coefficient (Wildman–Crippen LogP) is 3.66. The van der Waals surface area contributed by atoms with E-state index in [4.69, 9.17) is 28.4 Å². The van der Waals surface area contributed by atoms with Crippen LogP contribution in [0.15, 0.2) is 18.2 Å². The number of hydrogen-bond acceptors (Lipinski definition) is 15. The molecule has 6 heterocycles. The summed E-state index contributed by atoms with van der Waals surface area (Å²) in [5.74, 6) is 0.776. The minimum atomic E-state index is -1.37. The SMILES string of the molecule is COc1cc2c(cc1O)CCN[C@]21CS[C@H]2c3c(OC(C)=O)c(C)c4c(c3[C@@H](COC1=O)N1[C@H]2[C@H](N(C)C)c2c(cc(C)c(OC)c2O)C[C@H]1O)OCO4. The Morgan fingerprint density at radius 1 is 1.02 bits per heavy atom. The van der Waals surface area contributed by atoms with Crippen LogP contribution >= 0.6 is 11.8 Å². The largest absolute Gasteiger partial charge is 0.504 e. The summed E-state index contributed by atoms with van der Waals surface area (Å²) >= 11 is 1.45. The van der Waals surface area contributed by atoms with Crippen LogP contribution < -0.4 is 29.0 Å². The van der Waals surface area contributed by atoms with Gasteiger partial charge < -0.3 is 48.6 Å². The molecule has 1 saturated heterocycles. The summed E-state index contributed by atoms with van der Waals surface area (Å²) in [6.07, 6.45) is -0.407. The van der Waals surface area contributed by atoms with Gasteiger partial charge in [0.2, 0.25) is 6.79 Å². The number of carbonyl (C=O) groups excluding carboxylic acids is 2. The van der Waals surface area contributed by atoms with Crippen molar-refractivity contribution in [2.24, 2.45) is 0 Å². The average Bonchev–Trinajstić information content (AvgIpc) is 3.57. The molecule has 0 unspecified atom stereocenters. The number of nitrogens with zero attached hydrogens (tertiary/aromatic N) is 2. The topological polar surface area (TPSA) is 169 Å². The number of esters is 2. The van der Waals surface area contributed by atoms with Crippen molar-refractivity contribution < 1.29 is 53.3 Å². The monoisotopic (exact) mass is 763 g/mol. The van der Waals surface area contributed by atoms with Crippen LogP contribution in [0.25, 0.3) is 0 Å². The molecule has 6 atom stereocenters. The normalized spacial score (nSPS) is 27.0. The number of methoxy groups -OCH3 is 2. The van der Waals surface area contributed by atoms with E-state index in [-0.39, 0.29) is 42.8 Å². The summed E-state index contributed by atoms with van der Waals surface area (Å²) < 4.78 is 35.9. The number of carbonyl (C=O) groups is 2. The first-order valence-electron chi connectivity index (χ1n) is 17.9. The standard InChI is InChI=1S/C39H45N3O11S/c1-17-10-21-12-26(45)42-23-14-50-38(47)39(22-13-25(48-6)24(44)11-20(22)8-9-40-39)15-54-37(31(42)30(41(4)5)27(21)32(46)33(17)49-7)29-28(23)36-35(51-16-52-36)18(2)34(29)53-19(3)43/h10-11,13,23,26,30-31,37,40,44-46H,8-9,12,14-16H2,1-7H3/t23-,26-,30-,31+,37+,39-/m1/s1. The molecule has 9 rings (SSSR count). The molecular formula is C39H45N3O11S. The van der Waals surface area contributed by atoms with Crippen molar-refractivity contribution in [1.29, 1.82) is 0 Å². The number of aromatic hydroxyl groups is 2. The molecule has 0 saturated carbocycles. The molecule has 1 spiro atoms. The summed E-state index contributed by atoms with van der Waals surface area (Å²) in [5, 5.41) is 38.1. The van der Waals surface area contributed by atoms with Crippen LogP contribution in [0.1, 0.15) is 68.8 Å². The zero-order valence-electron chi connectivity index (χ0n) is 31.3. The van der Waals surface area contributed by atoms with E-state index in [1.807, 2.05) is 43.8 Å². The minimum Gasteiger partial charge on any atom is -0.504 e. The van der Waals surface area contributed by atoms with E-state index in [9.17, 15) is 24.9 Å². The Kier molecular flexibility index (Phi) is 9.08. The van der Waals surface area contributed by atoms with Gasteiger partial charge in [0.15, 0.2) is 40.0 Å². The number of aryl methyl sites for hydroxylation is 1. The van der Waals surface area contributed by atoms with Crippen LogP contribution in [0.3, 0.4) is 0 Å². The fraction of sp³-hybridized carbons (Fsp3) is 0.487. The summed E-state index contributed by atoms with van der Waals surface area (Å²) in [6, 6.07) is 3.27. The maximum atomic E-state index is 14.7. The summed E-state index contributed by atoms with van der Waals surface area (Å²) in [6.45, 7) is 5.17. The fourth-order valence-electron chi connectivity index (χ4n) is 9.37. The summed E-state index contributed by atoms with van der Waals surface area (Å²) in [7, 11) is 6.82. The van der Waals surface area contributed by atoms with Gasteiger partial charge in [-0.15, -0.1) is 11.8 Å². The first-order chi connectivity index (χ1) is 25.8. The Morgan fingerprint density at radius 2 is 1.78 bits per heavy atom. The van der Waals surface area contributed by atoms with E-state index < -0.39 is 47.1 Å². The smallest absolute Gasteiger partial charge is 0.331 e. The molecule has 15 heteroatoms. The Bertz CT molecular complexity index is 2070. The molecule has 1 fully saturated rings. The van der Waals surface area contributed by atoms with Crippen LogP contribution in [-0.2, 0) is 32.7 Å². The number of aliphatic hydroxyl groups excluding tert-OH is 1. The summed E-state index contributed by atoms with van der Waals surface area (Å²) in [4.78, 5) is 31.6. The number of phenols is 2. The van der Waals surface area contributed by atoms with Gasteiger partial charge in [0.05, 0.1) is 31.6 Å². The maximum Gasteiger partial charge on any atom is 0.331 e. The molecule has 14 nitrogen and oxygen atoms in total. The van der Waals surface area contributed by atoms with Crippen molar-refractivity contribution in [2.45, 2.75) is 68.8 Å².